The number of anilines is 1. The third kappa shape index (κ3) is 3.20. The molecule has 2 heterocycles. The van der Waals surface area contributed by atoms with E-state index in [2.05, 4.69) is 90.3 Å². The van der Waals surface area contributed by atoms with E-state index in [1.54, 1.807) is 0 Å². The van der Waals surface area contributed by atoms with Crippen LogP contribution in [0.15, 0.2) is 67.0 Å². The molecule has 0 aliphatic carbocycles. The Morgan fingerprint density at radius 3 is 2.40 bits per heavy atom. The third-order valence-corrected chi connectivity index (χ3v) is 4.90. The highest BCUT2D eigenvalue weighted by Gasteiger charge is 2.27. The molecule has 0 N–H and O–H groups in total. The second-order valence-corrected chi connectivity index (χ2v) is 6.62. The second-order valence-electron chi connectivity index (χ2n) is 6.62. The Labute approximate surface area is 149 Å². The third-order valence-electron chi connectivity index (χ3n) is 4.90. The number of hydrogen-bond donors (Lipinski definition) is 0. The highest BCUT2D eigenvalue weighted by molar-refractivity contribution is 5.50. The fraction of sp³-hybridized carbons (Fsp3) is 0.273. The van der Waals surface area contributed by atoms with E-state index in [9.17, 15) is 0 Å². The number of aryl methyl sites for hydroxylation is 2. The fourth-order valence-corrected chi connectivity index (χ4v) is 3.37. The molecule has 1 aromatic heterocycles. The Morgan fingerprint density at radius 1 is 0.960 bits per heavy atom. The maximum Gasteiger partial charge on any atom is 0.158 e. The molecular formula is C22H24N2O. The number of aromatic nitrogens is 1. The van der Waals surface area contributed by atoms with Crippen LogP contribution in [-0.4, -0.2) is 17.7 Å². The van der Waals surface area contributed by atoms with Gasteiger partial charge in [0.25, 0.3) is 0 Å². The van der Waals surface area contributed by atoms with Crippen LogP contribution in [0.25, 0.3) is 5.69 Å². The lowest BCUT2D eigenvalue weighted by molar-refractivity contribution is 0.114. The van der Waals surface area contributed by atoms with Crippen molar-refractivity contribution < 1.29 is 4.74 Å². The summed E-state index contributed by atoms with van der Waals surface area (Å²) >= 11 is 0. The van der Waals surface area contributed by atoms with Crippen molar-refractivity contribution in [2.75, 3.05) is 18.1 Å². The summed E-state index contributed by atoms with van der Waals surface area (Å²) in [6.07, 6.45) is 5.34. The minimum Gasteiger partial charge on any atom is -0.352 e. The Bertz CT molecular complexity index is 833. The zero-order valence-electron chi connectivity index (χ0n) is 14.9. The molecule has 4 rings (SSSR count). The zero-order chi connectivity index (χ0) is 17.2. The Hall–Kier alpha value is -2.52. The van der Waals surface area contributed by atoms with E-state index < -0.39 is 0 Å². The van der Waals surface area contributed by atoms with Gasteiger partial charge in [0.15, 0.2) is 6.23 Å². The standard InChI is InChI=1S/C22H24N2O/c1-3-18-6-10-21(11-7-18)24-14-15-25-22(24)19-12-13-23(16-19)20-8-4-17(2)5-9-20/h4-13,16,22H,3,14-15H2,1-2H3/t22-/m0/s1. The summed E-state index contributed by atoms with van der Waals surface area (Å²) in [6, 6.07) is 19.6. The summed E-state index contributed by atoms with van der Waals surface area (Å²) in [6.45, 7) is 5.98. The Balaban J connectivity index is 1.59. The van der Waals surface area contributed by atoms with Gasteiger partial charge >= 0.3 is 0 Å². The van der Waals surface area contributed by atoms with E-state index in [1.807, 2.05) is 0 Å². The molecule has 3 nitrogen and oxygen atoms in total. The molecule has 0 saturated carbocycles. The van der Waals surface area contributed by atoms with Gasteiger partial charge in [-0.05, 0) is 49.2 Å². The maximum absolute atomic E-state index is 6.04. The molecular weight excluding hydrogens is 308 g/mol. The fourth-order valence-electron chi connectivity index (χ4n) is 3.37. The quantitative estimate of drug-likeness (QED) is 0.677. The molecule has 1 fully saturated rings. The highest BCUT2D eigenvalue weighted by Crippen LogP contribution is 2.32. The van der Waals surface area contributed by atoms with E-state index in [1.165, 1.54) is 28.1 Å². The number of hydrogen-bond acceptors (Lipinski definition) is 2. The molecule has 0 radical (unpaired) electrons. The summed E-state index contributed by atoms with van der Waals surface area (Å²) in [5.74, 6) is 0. The van der Waals surface area contributed by atoms with Crippen LogP contribution < -0.4 is 4.90 Å². The van der Waals surface area contributed by atoms with Gasteiger partial charge in [-0.2, -0.15) is 0 Å². The van der Waals surface area contributed by atoms with Crippen LogP contribution in [-0.2, 0) is 11.2 Å². The Kier molecular flexibility index (Phi) is 4.33. The van der Waals surface area contributed by atoms with Gasteiger partial charge in [0.1, 0.15) is 0 Å². The topological polar surface area (TPSA) is 17.4 Å². The summed E-state index contributed by atoms with van der Waals surface area (Å²) < 4.78 is 8.21. The van der Waals surface area contributed by atoms with Gasteiger partial charge in [-0.3, -0.25) is 0 Å². The predicted molar refractivity (Wildman–Crippen MR) is 102 cm³/mol. The monoisotopic (exact) mass is 332 g/mol. The first-order valence-electron chi connectivity index (χ1n) is 8.97. The number of benzene rings is 2. The summed E-state index contributed by atoms with van der Waals surface area (Å²) in [4.78, 5) is 2.34. The van der Waals surface area contributed by atoms with Gasteiger partial charge in [0, 0.05) is 35.9 Å². The first-order valence-corrected chi connectivity index (χ1v) is 8.97. The molecule has 3 aromatic rings. The van der Waals surface area contributed by atoms with Crippen molar-refractivity contribution in [1.29, 1.82) is 0 Å². The van der Waals surface area contributed by atoms with Crippen LogP contribution in [0.1, 0.15) is 29.8 Å². The van der Waals surface area contributed by atoms with Gasteiger partial charge in [0.2, 0.25) is 0 Å². The van der Waals surface area contributed by atoms with Crippen LogP contribution in [0.2, 0.25) is 0 Å². The molecule has 2 aromatic carbocycles. The van der Waals surface area contributed by atoms with Crippen LogP contribution in [0.5, 0.6) is 0 Å². The first kappa shape index (κ1) is 16.0. The second kappa shape index (κ2) is 6.77. The molecule has 3 heteroatoms. The molecule has 1 atom stereocenters. The zero-order valence-corrected chi connectivity index (χ0v) is 14.9. The molecule has 1 saturated heterocycles. The molecule has 0 unspecified atom stereocenters. The van der Waals surface area contributed by atoms with Gasteiger partial charge in [-0.25, -0.2) is 0 Å². The van der Waals surface area contributed by atoms with Gasteiger partial charge in [-0.1, -0.05) is 36.8 Å². The van der Waals surface area contributed by atoms with Gasteiger partial charge in [0.05, 0.1) is 6.61 Å². The van der Waals surface area contributed by atoms with Crippen LogP contribution in [0.4, 0.5) is 5.69 Å². The summed E-state index contributed by atoms with van der Waals surface area (Å²) in [5, 5.41) is 0. The SMILES string of the molecule is CCc1ccc(N2CCO[C@H]2c2ccn(-c3ccc(C)cc3)c2)cc1. The molecule has 1 aliphatic rings. The smallest absolute Gasteiger partial charge is 0.158 e. The molecule has 128 valence electrons. The number of nitrogens with zero attached hydrogens (tertiary/aromatic N) is 2. The normalized spacial score (nSPS) is 17.2. The summed E-state index contributed by atoms with van der Waals surface area (Å²) in [7, 11) is 0. The van der Waals surface area contributed by atoms with Crippen molar-refractivity contribution in [3.8, 4) is 5.69 Å². The summed E-state index contributed by atoms with van der Waals surface area (Å²) in [5.41, 5.74) is 6.23. The lowest BCUT2D eigenvalue weighted by Gasteiger charge is -2.24. The van der Waals surface area contributed by atoms with Crippen LogP contribution in [0, 0.1) is 6.92 Å². The van der Waals surface area contributed by atoms with Crippen molar-refractivity contribution in [1.82, 2.24) is 4.57 Å². The Morgan fingerprint density at radius 2 is 1.68 bits per heavy atom. The highest BCUT2D eigenvalue weighted by atomic mass is 16.5. The largest absolute Gasteiger partial charge is 0.352 e. The van der Waals surface area contributed by atoms with Crippen LogP contribution >= 0.6 is 0 Å². The van der Waals surface area contributed by atoms with Crippen molar-refractivity contribution >= 4 is 5.69 Å². The number of ether oxygens (including phenoxy) is 1. The van der Waals surface area contributed by atoms with Crippen LogP contribution in [0.3, 0.4) is 0 Å². The maximum atomic E-state index is 6.04. The van der Waals surface area contributed by atoms with E-state index in [0.717, 1.165) is 19.6 Å². The molecule has 25 heavy (non-hydrogen) atoms. The lowest BCUT2D eigenvalue weighted by atomic mass is 10.1. The molecule has 0 amide bonds. The number of rotatable bonds is 4. The first-order chi connectivity index (χ1) is 12.2. The van der Waals surface area contributed by atoms with Crippen molar-refractivity contribution in [2.45, 2.75) is 26.5 Å². The molecule has 0 spiro atoms. The van der Waals surface area contributed by atoms with E-state index in [0.29, 0.717) is 0 Å². The van der Waals surface area contributed by atoms with E-state index >= 15 is 0 Å². The van der Waals surface area contributed by atoms with Gasteiger partial charge < -0.3 is 14.2 Å². The molecule has 0 bridgehead atoms. The van der Waals surface area contributed by atoms with E-state index in [-0.39, 0.29) is 6.23 Å². The minimum atomic E-state index is -0.0147. The van der Waals surface area contributed by atoms with Gasteiger partial charge in [-0.15, -0.1) is 0 Å². The van der Waals surface area contributed by atoms with Crippen molar-refractivity contribution in [3.63, 3.8) is 0 Å². The van der Waals surface area contributed by atoms with Crippen molar-refractivity contribution in [2.24, 2.45) is 0 Å². The average Bonchev–Trinajstić information content (AvgIpc) is 3.31. The average molecular weight is 332 g/mol. The lowest BCUT2D eigenvalue weighted by Crippen LogP contribution is -2.22. The van der Waals surface area contributed by atoms with E-state index in [4.69, 9.17) is 4.74 Å². The predicted octanol–water partition coefficient (Wildman–Crippen LogP) is 4.88. The minimum absolute atomic E-state index is 0.0147. The van der Waals surface area contributed by atoms with Crippen molar-refractivity contribution in [3.05, 3.63) is 83.7 Å². The molecule has 1 aliphatic heterocycles.